The lowest BCUT2D eigenvalue weighted by Gasteiger charge is -2.14. The van der Waals surface area contributed by atoms with Crippen molar-refractivity contribution < 1.29 is 28.6 Å². The van der Waals surface area contributed by atoms with Crippen LogP contribution in [0.25, 0.3) is 0 Å². The van der Waals surface area contributed by atoms with Crippen molar-refractivity contribution in [2.45, 2.75) is 310 Å². The van der Waals surface area contributed by atoms with Gasteiger partial charge in [-0.25, -0.2) is 28.1 Å². The first-order chi connectivity index (χ1) is 36.8. The molecule has 12 heteroatoms. The number of unbranched alkanes of at least 4 members (excludes halogenated alkanes) is 33. The SMILES string of the molecule is CCCCCCCCCC/C=C/CCCCCC(=O)OCCn1c(=O)n(CCOC(=O)CCCCC/C=C/CCCCCCCCCC)c(=O)n(CCOC(=O)CCCCC/C=C/CCCCCCCCCC)c1=O. The maximum absolute atomic E-state index is 13.6. The fourth-order valence-electron chi connectivity index (χ4n) is 9.25. The molecule has 0 spiro atoms. The smallest absolute Gasteiger partial charge is 0.336 e. The average molecular weight is 1050 g/mol. The molecule has 0 radical (unpaired) electrons. The summed E-state index contributed by atoms with van der Waals surface area (Å²) in [7, 11) is 0. The molecule has 0 aliphatic heterocycles. The standard InChI is InChI=1S/C63H111N3O9/c1-4-7-10-13-16-19-22-25-28-31-34-37-40-43-46-49-58(67)73-55-52-64-61(70)65(53-56-74-59(68)50-47-44-41-38-35-32-29-26-23-20-17-14-11-8-5-2)63(72)66(62(64)71)54-57-75-60(69)51-48-45-42-39-36-33-30-27-24-21-18-15-12-9-6-3/h31-36H,4-30,37-57H2,1-3H3/b34-31+,35-32+,36-33+. The van der Waals surface area contributed by atoms with Gasteiger partial charge in [-0.2, -0.15) is 0 Å². The van der Waals surface area contributed by atoms with Crippen molar-refractivity contribution >= 4 is 17.9 Å². The second-order valence-corrected chi connectivity index (χ2v) is 21.0. The van der Waals surface area contributed by atoms with Crippen LogP contribution in [0.2, 0.25) is 0 Å². The molecule has 1 heterocycles. The van der Waals surface area contributed by atoms with Gasteiger partial charge in [0.15, 0.2) is 0 Å². The number of hydrogen-bond acceptors (Lipinski definition) is 9. The molecule has 0 saturated heterocycles. The minimum Gasteiger partial charge on any atom is -0.464 e. The van der Waals surface area contributed by atoms with Gasteiger partial charge in [0.05, 0.1) is 19.6 Å². The van der Waals surface area contributed by atoms with Crippen molar-refractivity contribution in [3.8, 4) is 0 Å². The lowest BCUT2D eigenvalue weighted by molar-refractivity contribution is -0.144. The molecule has 0 amide bonds. The summed E-state index contributed by atoms with van der Waals surface area (Å²) in [6.07, 6.45) is 59.7. The Bertz CT molecular complexity index is 1570. The Morgan fingerprint density at radius 1 is 0.293 bits per heavy atom. The molecule has 0 saturated carbocycles. The Morgan fingerprint density at radius 3 is 0.693 bits per heavy atom. The van der Waals surface area contributed by atoms with Crippen LogP contribution >= 0.6 is 0 Å². The van der Waals surface area contributed by atoms with Gasteiger partial charge in [-0.3, -0.25) is 14.4 Å². The fraction of sp³-hybridized carbons (Fsp3) is 0.810. The van der Waals surface area contributed by atoms with Gasteiger partial charge in [0, 0.05) is 19.3 Å². The first kappa shape index (κ1) is 69.1. The van der Waals surface area contributed by atoms with Crippen molar-refractivity contribution in [2.24, 2.45) is 0 Å². The molecule has 1 rings (SSSR count). The summed E-state index contributed by atoms with van der Waals surface area (Å²) >= 11 is 0. The Labute approximate surface area is 456 Å². The van der Waals surface area contributed by atoms with E-state index in [-0.39, 0.29) is 58.7 Å². The number of hydrogen-bond donors (Lipinski definition) is 0. The molecule has 1 aromatic rings. The van der Waals surface area contributed by atoms with Crippen molar-refractivity contribution in [3.63, 3.8) is 0 Å². The summed E-state index contributed by atoms with van der Waals surface area (Å²) < 4.78 is 18.8. The molecule has 75 heavy (non-hydrogen) atoms. The minimum atomic E-state index is -0.890. The lowest BCUT2D eigenvalue weighted by Crippen LogP contribution is -2.55. The molecule has 0 atom stereocenters. The number of rotatable bonds is 54. The molecule has 432 valence electrons. The van der Waals surface area contributed by atoms with Gasteiger partial charge >= 0.3 is 35.0 Å². The van der Waals surface area contributed by atoms with E-state index in [9.17, 15) is 28.8 Å². The normalized spacial score (nSPS) is 11.7. The maximum atomic E-state index is 13.6. The number of nitrogens with zero attached hydrogens (tertiary/aromatic N) is 3. The predicted molar refractivity (Wildman–Crippen MR) is 310 cm³/mol. The van der Waals surface area contributed by atoms with Gasteiger partial charge in [0.25, 0.3) is 0 Å². The Kier molecular flexibility index (Phi) is 48.0. The topological polar surface area (TPSA) is 145 Å². The van der Waals surface area contributed by atoms with Gasteiger partial charge in [-0.15, -0.1) is 0 Å². The maximum Gasteiger partial charge on any atom is 0.336 e. The van der Waals surface area contributed by atoms with Crippen LogP contribution in [0.1, 0.15) is 290 Å². The largest absolute Gasteiger partial charge is 0.464 e. The van der Waals surface area contributed by atoms with Gasteiger partial charge in [-0.1, -0.05) is 211 Å². The number of allylic oxidation sites excluding steroid dienone is 6. The Morgan fingerprint density at radius 2 is 0.480 bits per heavy atom. The van der Waals surface area contributed by atoms with Gasteiger partial charge in [0.2, 0.25) is 0 Å². The zero-order valence-corrected chi connectivity index (χ0v) is 48.4. The van der Waals surface area contributed by atoms with Crippen LogP contribution in [0.5, 0.6) is 0 Å². The molecular formula is C63H111N3O9. The van der Waals surface area contributed by atoms with E-state index in [1.165, 1.54) is 154 Å². The molecule has 1 aromatic heterocycles. The van der Waals surface area contributed by atoms with E-state index >= 15 is 0 Å². The van der Waals surface area contributed by atoms with Crippen molar-refractivity contribution in [3.05, 3.63) is 67.9 Å². The van der Waals surface area contributed by atoms with Crippen LogP contribution in [-0.4, -0.2) is 51.4 Å². The van der Waals surface area contributed by atoms with E-state index in [2.05, 4.69) is 57.2 Å². The second kappa shape index (κ2) is 52.1. The first-order valence-corrected chi connectivity index (χ1v) is 31.1. The van der Waals surface area contributed by atoms with Gasteiger partial charge in [-0.05, 0) is 96.3 Å². The number of carbonyl (C=O) groups is 3. The van der Waals surface area contributed by atoms with E-state index < -0.39 is 35.0 Å². The second-order valence-electron chi connectivity index (χ2n) is 21.0. The highest BCUT2D eigenvalue weighted by Crippen LogP contribution is 2.14. The summed E-state index contributed by atoms with van der Waals surface area (Å²) in [5.74, 6) is -1.26. The highest BCUT2D eigenvalue weighted by atomic mass is 16.5. The fourth-order valence-corrected chi connectivity index (χ4v) is 9.25. The summed E-state index contributed by atoms with van der Waals surface area (Å²) in [4.78, 5) is 78.7. The first-order valence-electron chi connectivity index (χ1n) is 31.1. The molecule has 0 unspecified atom stereocenters. The summed E-state index contributed by atoms with van der Waals surface area (Å²) in [5.41, 5.74) is -2.67. The molecule has 0 aliphatic carbocycles. The molecule has 0 aromatic carbocycles. The third-order valence-corrected chi connectivity index (χ3v) is 14.0. The van der Waals surface area contributed by atoms with E-state index in [1.54, 1.807) is 0 Å². The Hall–Kier alpha value is -3.96. The zero-order valence-electron chi connectivity index (χ0n) is 48.4. The van der Waals surface area contributed by atoms with Gasteiger partial charge in [0.1, 0.15) is 19.8 Å². The number of esters is 3. The van der Waals surface area contributed by atoms with Crippen LogP contribution in [0.15, 0.2) is 50.8 Å². The van der Waals surface area contributed by atoms with Crippen LogP contribution in [-0.2, 0) is 48.2 Å². The van der Waals surface area contributed by atoms with Crippen LogP contribution in [0.3, 0.4) is 0 Å². The number of ether oxygens (including phenoxy) is 3. The van der Waals surface area contributed by atoms with E-state index in [0.29, 0.717) is 19.3 Å². The molecule has 0 aliphatic rings. The molecule has 0 N–H and O–H groups in total. The predicted octanol–water partition coefficient (Wildman–Crippen LogP) is 15.9. The zero-order chi connectivity index (χ0) is 54.5. The van der Waals surface area contributed by atoms with Crippen molar-refractivity contribution in [2.75, 3.05) is 19.8 Å². The summed E-state index contributed by atoms with van der Waals surface area (Å²) in [5, 5.41) is 0. The third-order valence-electron chi connectivity index (χ3n) is 14.0. The van der Waals surface area contributed by atoms with Crippen molar-refractivity contribution in [1.29, 1.82) is 0 Å². The summed E-state index contributed by atoms with van der Waals surface area (Å²) in [6.45, 7) is 5.24. The quantitative estimate of drug-likeness (QED) is 0.0269. The Balaban J connectivity index is 2.62. The monoisotopic (exact) mass is 1050 g/mol. The highest BCUT2D eigenvalue weighted by Gasteiger charge is 2.17. The molecular weight excluding hydrogens is 943 g/mol. The number of aromatic nitrogens is 3. The van der Waals surface area contributed by atoms with Crippen LogP contribution < -0.4 is 17.1 Å². The molecule has 0 bridgehead atoms. The van der Waals surface area contributed by atoms with E-state index in [4.69, 9.17) is 14.2 Å². The lowest BCUT2D eigenvalue weighted by atomic mass is 10.1. The van der Waals surface area contributed by atoms with E-state index in [1.807, 2.05) is 0 Å². The number of carbonyl (C=O) groups excluding carboxylic acids is 3. The third kappa shape index (κ3) is 40.9. The van der Waals surface area contributed by atoms with E-state index in [0.717, 1.165) is 90.8 Å². The molecule has 0 fully saturated rings. The summed E-state index contributed by atoms with van der Waals surface area (Å²) in [6, 6.07) is 0. The van der Waals surface area contributed by atoms with Crippen LogP contribution in [0.4, 0.5) is 0 Å². The molecule has 12 nitrogen and oxygen atoms in total. The highest BCUT2D eigenvalue weighted by molar-refractivity contribution is 5.69. The average Bonchev–Trinajstić information content (AvgIpc) is 3.40. The minimum absolute atomic E-state index is 0.226. The van der Waals surface area contributed by atoms with Crippen LogP contribution in [0, 0.1) is 0 Å². The van der Waals surface area contributed by atoms with Crippen molar-refractivity contribution in [1.82, 2.24) is 13.7 Å². The van der Waals surface area contributed by atoms with Gasteiger partial charge < -0.3 is 14.2 Å².